The number of nitrogens with zero attached hydrogens (tertiary/aromatic N) is 1. The third-order valence-electron chi connectivity index (χ3n) is 3.66. The molecule has 116 valence electrons. The first-order valence-corrected chi connectivity index (χ1v) is 7.23. The minimum Gasteiger partial charge on any atom is -0.497 e. The van der Waals surface area contributed by atoms with Gasteiger partial charge in [-0.05, 0) is 48.9 Å². The van der Waals surface area contributed by atoms with Crippen molar-refractivity contribution in [3.8, 4) is 5.75 Å². The van der Waals surface area contributed by atoms with Crippen molar-refractivity contribution in [1.29, 1.82) is 0 Å². The van der Waals surface area contributed by atoms with Gasteiger partial charge in [-0.15, -0.1) is 0 Å². The molecule has 1 aromatic heterocycles. The summed E-state index contributed by atoms with van der Waals surface area (Å²) in [5.41, 5.74) is 2.81. The summed E-state index contributed by atoms with van der Waals surface area (Å²) >= 11 is 0. The summed E-state index contributed by atoms with van der Waals surface area (Å²) in [7, 11) is 1.57. The summed E-state index contributed by atoms with van der Waals surface area (Å²) in [4.78, 5) is 31.6. The number of benzene rings is 2. The summed E-state index contributed by atoms with van der Waals surface area (Å²) in [6.07, 6.45) is -0.0362. The molecular formula is C18H16N2O3. The van der Waals surface area contributed by atoms with Gasteiger partial charge in [0.1, 0.15) is 11.4 Å². The number of methoxy groups -OCH3 is 1. The van der Waals surface area contributed by atoms with Crippen molar-refractivity contribution < 1.29 is 9.53 Å². The molecule has 0 saturated heterocycles. The fraction of sp³-hybridized carbons (Fsp3) is 0.167. The van der Waals surface area contributed by atoms with Crippen molar-refractivity contribution in [3.05, 3.63) is 69.6 Å². The van der Waals surface area contributed by atoms with Crippen LogP contribution >= 0.6 is 0 Å². The Labute approximate surface area is 133 Å². The Kier molecular flexibility index (Phi) is 3.93. The normalized spacial score (nSPS) is 10.7. The second-order valence-corrected chi connectivity index (χ2v) is 5.36. The molecule has 0 fully saturated rings. The monoisotopic (exact) mass is 308 g/mol. The van der Waals surface area contributed by atoms with Crippen LogP contribution in [-0.4, -0.2) is 22.9 Å². The number of rotatable bonds is 4. The molecule has 0 aliphatic rings. The third kappa shape index (κ3) is 3.13. The molecule has 0 bridgehead atoms. The molecule has 1 heterocycles. The highest BCUT2D eigenvalue weighted by Crippen LogP contribution is 2.14. The number of Topliss-reactive ketones (excluding diaryl/α,β-unsaturated/α-hetero) is 1. The first-order chi connectivity index (χ1) is 11.1. The molecule has 0 radical (unpaired) electrons. The number of nitrogens with one attached hydrogen (secondary N) is 1. The van der Waals surface area contributed by atoms with Crippen LogP contribution < -0.4 is 10.3 Å². The van der Waals surface area contributed by atoms with Crippen molar-refractivity contribution in [2.45, 2.75) is 13.3 Å². The summed E-state index contributed by atoms with van der Waals surface area (Å²) < 4.78 is 5.07. The van der Waals surface area contributed by atoms with Crippen molar-refractivity contribution >= 4 is 16.8 Å². The molecule has 3 aromatic rings. The second kappa shape index (κ2) is 6.04. The lowest BCUT2D eigenvalue weighted by Gasteiger charge is -2.04. The van der Waals surface area contributed by atoms with Crippen LogP contribution in [0.25, 0.3) is 11.0 Å². The number of aryl methyl sites for hydroxylation is 1. The first kappa shape index (κ1) is 15.0. The largest absolute Gasteiger partial charge is 0.497 e. The van der Waals surface area contributed by atoms with Crippen LogP contribution in [0, 0.1) is 6.92 Å². The van der Waals surface area contributed by atoms with Crippen LogP contribution in [0.4, 0.5) is 0 Å². The molecule has 23 heavy (non-hydrogen) atoms. The molecule has 0 aliphatic carbocycles. The zero-order valence-electron chi connectivity index (χ0n) is 12.9. The van der Waals surface area contributed by atoms with Crippen LogP contribution in [0.1, 0.15) is 21.6 Å². The Hall–Kier alpha value is -2.95. The number of ether oxygens (including phenoxy) is 1. The number of ketones is 1. The van der Waals surface area contributed by atoms with E-state index in [0.717, 1.165) is 5.56 Å². The van der Waals surface area contributed by atoms with E-state index in [1.807, 2.05) is 25.1 Å². The number of hydrogen-bond donors (Lipinski definition) is 1. The Balaban J connectivity index is 1.90. The lowest BCUT2D eigenvalue weighted by molar-refractivity contribution is 0.0991. The molecule has 3 rings (SSSR count). The van der Waals surface area contributed by atoms with Gasteiger partial charge in [-0.25, -0.2) is 4.98 Å². The predicted octanol–water partition coefficient (Wildman–Crippen LogP) is 2.67. The Morgan fingerprint density at radius 3 is 2.61 bits per heavy atom. The zero-order chi connectivity index (χ0) is 16.4. The molecule has 0 amide bonds. The van der Waals surface area contributed by atoms with Crippen molar-refractivity contribution in [2.75, 3.05) is 7.11 Å². The van der Waals surface area contributed by atoms with Gasteiger partial charge in [0.05, 0.1) is 24.6 Å². The summed E-state index contributed by atoms with van der Waals surface area (Å²) in [6, 6.07) is 12.4. The van der Waals surface area contributed by atoms with Gasteiger partial charge in [0.25, 0.3) is 5.56 Å². The number of fused-ring (bicyclic) bond motifs is 1. The van der Waals surface area contributed by atoms with Crippen LogP contribution in [-0.2, 0) is 6.42 Å². The van der Waals surface area contributed by atoms with Gasteiger partial charge in [0.2, 0.25) is 0 Å². The summed E-state index contributed by atoms with van der Waals surface area (Å²) in [5.74, 6) is 0.524. The fourth-order valence-corrected chi connectivity index (χ4v) is 2.39. The van der Waals surface area contributed by atoms with E-state index in [1.54, 1.807) is 31.4 Å². The van der Waals surface area contributed by atoms with Crippen LogP contribution in [0.2, 0.25) is 0 Å². The average molecular weight is 308 g/mol. The van der Waals surface area contributed by atoms with E-state index in [0.29, 0.717) is 22.3 Å². The van der Waals surface area contributed by atoms with Gasteiger partial charge < -0.3 is 9.72 Å². The van der Waals surface area contributed by atoms with Crippen molar-refractivity contribution in [1.82, 2.24) is 9.97 Å². The number of H-pyrrole nitrogens is 1. The fourth-order valence-electron chi connectivity index (χ4n) is 2.39. The predicted molar refractivity (Wildman–Crippen MR) is 88.1 cm³/mol. The highest BCUT2D eigenvalue weighted by molar-refractivity contribution is 5.97. The Bertz CT molecular complexity index is 927. The topological polar surface area (TPSA) is 72.0 Å². The van der Waals surface area contributed by atoms with Gasteiger partial charge in [0.15, 0.2) is 5.78 Å². The third-order valence-corrected chi connectivity index (χ3v) is 3.66. The van der Waals surface area contributed by atoms with Gasteiger partial charge in [-0.1, -0.05) is 6.07 Å². The number of aromatic amines is 1. The zero-order valence-corrected chi connectivity index (χ0v) is 12.9. The molecule has 0 aliphatic heterocycles. The molecule has 5 heteroatoms. The van der Waals surface area contributed by atoms with E-state index in [4.69, 9.17) is 4.74 Å². The molecule has 0 spiro atoms. The molecular weight excluding hydrogens is 292 g/mol. The molecule has 2 aromatic carbocycles. The minimum absolute atomic E-state index is 0.0362. The van der Waals surface area contributed by atoms with Crippen LogP contribution in [0.15, 0.2) is 47.3 Å². The number of carbonyl (C=O) groups is 1. The lowest BCUT2D eigenvalue weighted by Crippen LogP contribution is -2.19. The number of hydrogen-bond acceptors (Lipinski definition) is 4. The maximum atomic E-state index is 12.3. The Morgan fingerprint density at radius 2 is 1.91 bits per heavy atom. The minimum atomic E-state index is -0.329. The maximum Gasteiger partial charge on any atom is 0.270 e. The van der Waals surface area contributed by atoms with Gasteiger partial charge >= 0.3 is 0 Å². The summed E-state index contributed by atoms with van der Waals surface area (Å²) in [5, 5.41) is 0. The first-order valence-electron chi connectivity index (χ1n) is 7.23. The van der Waals surface area contributed by atoms with Gasteiger partial charge in [-0.3, -0.25) is 9.59 Å². The standard InChI is InChI=1S/C18H16N2O3/c1-11-3-8-14-15(9-11)20-18(22)16(19-14)10-17(21)12-4-6-13(23-2)7-5-12/h3-9H,10H2,1-2H3,(H,20,22). The van der Waals surface area contributed by atoms with Crippen LogP contribution in [0.3, 0.4) is 0 Å². The van der Waals surface area contributed by atoms with Gasteiger partial charge in [0, 0.05) is 5.56 Å². The highest BCUT2D eigenvalue weighted by atomic mass is 16.5. The second-order valence-electron chi connectivity index (χ2n) is 5.36. The Morgan fingerprint density at radius 1 is 1.17 bits per heavy atom. The number of carbonyl (C=O) groups excluding carboxylic acids is 1. The quantitative estimate of drug-likeness (QED) is 0.752. The van der Waals surface area contributed by atoms with Crippen LogP contribution in [0.5, 0.6) is 5.75 Å². The molecule has 0 atom stereocenters. The van der Waals surface area contributed by atoms with E-state index >= 15 is 0 Å². The van der Waals surface area contributed by atoms with E-state index in [-0.39, 0.29) is 23.5 Å². The van der Waals surface area contributed by atoms with E-state index < -0.39 is 0 Å². The molecule has 0 unspecified atom stereocenters. The molecule has 5 nitrogen and oxygen atoms in total. The maximum absolute atomic E-state index is 12.3. The number of aromatic nitrogens is 2. The summed E-state index contributed by atoms with van der Waals surface area (Å²) in [6.45, 7) is 1.94. The van der Waals surface area contributed by atoms with E-state index in [9.17, 15) is 9.59 Å². The highest BCUT2D eigenvalue weighted by Gasteiger charge is 2.12. The smallest absolute Gasteiger partial charge is 0.270 e. The van der Waals surface area contributed by atoms with Crippen molar-refractivity contribution in [3.63, 3.8) is 0 Å². The van der Waals surface area contributed by atoms with E-state index in [2.05, 4.69) is 9.97 Å². The van der Waals surface area contributed by atoms with Gasteiger partial charge in [-0.2, -0.15) is 0 Å². The molecule has 1 N–H and O–H groups in total. The average Bonchev–Trinajstić information content (AvgIpc) is 2.55. The molecule has 0 saturated carbocycles. The van der Waals surface area contributed by atoms with Crippen molar-refractivity contribution in [2.24, 2.45) is 0 Å². The lowest BCUT2D eigenvalue weighted by atomic mass is 10.1. The SMILES string of the molecule is COc1ccc(C(=O)Cc2nc3ccc(C)cc3[nH]c2=O)cc1. The van der Waals surface area contributed by atoms with E-state index in [1.165, 1.54) is 0 Å².